The molecule has 23 heavy (non-hydrogen) atoms. The number of hydrogen-bond acceptors (Lipinski definition) is 4. The minimum Gasteiger partial charge on any atom is -0.323 e. The zero-order valence-corrected chi connectivity index (χ0v) is 13.4. The molecule has 2 heterocycles. The highest BCUT2D eigenvalue weighted by Gasteiger charge is 2.53. The number of imide groups is 1. The van der Waals surface area contributed by atoms with E-state index in [9.17, 15) is 18.0 Å². The van der Waals surface area contributed by atoms with E-state index in [0.717, 1.165) is 10.5 Å². The topological polar surface area (TPSA) is 83.5 Å². The van der Waals surface area contributed by atoms with E-state index < -0.39 is 21.4 Å². The van der Waals surface area contributed by atoms with Crippen LogP contribution in [0.4, 0.5) is 4.79 Å². The Kier molecular flexibility index (Phi) is 3.97. The van der Waals surface area contributed by atoms with Crippen molar-refractivity contribution in [3.05, 3.63) is 42.0 Å². The average molecular weight is 334 g/mol. The highest BCUT2D eigenvalue weighted by Crippen LogP contribution is 2.30. The zero-order chi connectivity index (χ0) is 16.5. The Labute approximate surface area is 135 Å². The first-order chi connectivity index (χ1) is 10.9. The average Bonchev–Trinajstić information content (AvgIpc) is 2.76. The lowest BCUT2D eigenvalue weighted by Gasteiger charge is -2.30. The Balaban J connectivity index is 1.69. The largest absolute Gasteiger partial charge is 0.325 e. The number of sulfone groups is 1. The van der Waals surface area contributed by atoms with Crippen LogP contribution in [0, 0.1) is 0 Å². The van der Waals surface area contributed by atoms with Gasteiger partial charge in [0.2, 0.25) is 0 Å². The number of rotatable bonds is 3. The van der Waals surface area contributed by atoms with Gasteiger partial charge in [-0.05, 0) is 18.4 Å². The molecule has 1 aromatic rings. The number of benzene rings is 1. The molecule has 122 valence electrons. The monoisotopic (exact) mass is 334 g/mol. The summed E-state index contributed by atoms with van der Waals surface area (Å²) in [4.78, 5) is 25.8. The summed E-state index contributed by atoms with van der Waals surface area (Å²) in [6.45, 7) is 0.175. The van der Waals surface area contributed by atoms with Crippen LogP contribution in [0.1, 0.15) is 18.4 Å². The van der Waals surface area contributed by atoms with Crippen LogP contribution in [-0.2, 0) is 14.6 Å². The molecule has 0 saturated carbocycles. The van der Waals surface area contributed by atoms with Gasteiger partial charge in [0.05, 0.1) is 11.5 Å². The standard InChI is InChI=1S/C16H18N2O4S/c19-14-16(8-11-23(21,22)12-9-16)17-15(20)18(14)10-4-7-13-5-2-1-3-6-13/h1-7H,8-12H2,(H,17,20)/b7-4+. The van der Waals surface area contributed by atoms with Gasteiger partial charge in [-0.1, -0.05) is 42.5 Å². The van der Waals surface area contributed by atoms with E-state index in [1.807, 2.05) is 36.4 Å². The lowest BCUT2D eigenvalue weighted by molar-refractivity contribution is -0.131. The molecule has 6 nitrogen and oxygen atoms in total. The molecule has 0 atom stereocenters. The molecule has 0 radical (unpaired) electrons. The maximum atomic E-state index is 12.6. The molecular formula is C16H18N2O4S. The molecular weight excluding hydrogens is 316 g/mol. The summed E-state index contributed by atoms with van der Waals surface area (Å²) >= 11 is 0. The van der Waals surface area contributed by atoms with Gasteiger partial charge in [-0.2, -0.15) is 0 Å². The van der Waals surface area contributed by atoms with Crippen LogP contribution in [0.25, 0.3) is 6.08 Å². The Morgan fingerprint density at radius 2 is 1.78 bits per heavy atom. The SMILES string of the molecule is O=C1NC2(CCS(=O)(=O)CC2)C(=O)N1C/C=C/c1ccccc1. The van der Waals surface area contributed by atoms with Gasteiger partial charge in [0, 0.05) is 6.54 Å². The number of amides is 3. The molecule has 1 N–H and O–H groups in total. The quantitative estimate of drug-likeness (QED) is 0.842. The summed E-state index contributed by atoms with van der Waals surface area (Å²) < 4.78 is 23.1. The third kappa shape index (κ3) is 3.14. The fraction of sp³-hybridized carbons (Fsp3) is 0.375. The van der Waals surface area contributed by atoms with Crippen molar-refractivity contribution in [3.8, 4) is 0 Å². The van der Waals surface area contributed by atoms with Crippen molar-refractivity contribution in [1.82, 2.24) is 10.2 Å². The van der Waals surface area contributed by atoms with E-state index in [0.29, 0.717) is 0 Å². The van der Waals surface area contributed by atoms with Crippen molar-refractivity contribution in [1.29, 1.82) is 0 Å². The summed E-state index contributed by atoms with van der Waals surface area (Å²) in [6.07, 6.45) is 3.90. The Morgan fingerprint density at radius 1 is 1.13 bits per heavy atom. The summed E-state index contributed by atoms with van der Waals surface area (Å²) in [6, 6.07) is 9.13. The molecule has 3 rings (SSSR count). The van der Waals surface area contributed by atoms with Gasteiger partial charge >= 0.3 is 6.03 Å². The predicted octanol–water partition coefficient (Wildman–Crippen LogP) is 1.20. The van der Waals surface area contributed by atoms with Crippen LogP contribution in [0.5, 0.6) is 0 Å². The van der Waals surface area contributed by atoms with E-state index in [-0.39, 0.29) is 36.8 Å². The van der Waals surface area contributed by atoms with Gasteiger partial charge in [-0.25, -0.2) is 13.2 Å². The first-order valence-electron chi connectivity index (χ1n) is 7.48. The van der Waals surface area contributed by atoms with Crippen molar-refractivity contribution < 1.29 is 18.0 Å². The van der Waals surface area contributed by atoms with E-state index in [1.165, 1.54) is 0 Å². The molecule has 0 aromatic heterocycles. The maximum Gasteiger partial charge on any atom is 0.325 e. The minimum absolute atomic E-state index is 0.0628. The fourth-order valence-corrected chi connectivity index (χ4v) is 4.45. The first-order valence-corrected chi connectivity index (χ1v) is 9.30. The number of nitrogens with one attached hydrogen (secondary N) is 1. The zero-order valence-electron chi connectivity index (χ0n) is 12.6. The predicted molar refractivity (Wildman–Crippen MR) is 86.3 cm³/mol. The third-order valence-corrected chi connectivity index (χ3v) is 5.98. The maximum absolute atomic E-state index is 12.6. The number of urea groups is 1. The highest BCUT2D eigenvalue weighted by molar-refractivity contribution is 7.91. The summed E-state index contributed by atoms with van der Waals surface area (Å²) in [5.74, 6) is -0.450. The summed E-state index contributed by atoms with van der Waals surface area (Å²) in [5.41, 5.74) is -0.0544. The second-order valence-electron chi connectivity index (χ2n) is 5.89. The lowest BCUT2D eigenvalue weighted by atomic mass is 9.92. The van der Waals surface area contributed by atoms with Gasteiger partial charge in [0.25, 0.3) is 5.91 Å². The molecule has 3 amide bonds. The van der Waals surface area contributed by atoms with Crippen molar-refractivity contribution in [3.63, 3.8) is 0 Å². The van der Waals surface area contributed by atoms with Gasteiger partial charge in [-0.3, -0.25) is 9.69 Å². The van der Waals surface area contributed by atoms with Gasteiger partial charge in [0.15, 0.2) is 9.84 Å². The molecule has 2 fully saturated rings. The molecule has 2 aliphatic rings. The van der Waals surface area contributed by atoms with Crippen molar-refractivity contribution in [2.45, 2.75) is 18.4 Å². The molecule has 1 spiro atoms. The second kappa shape index (κ2) is 5.81. The molecule has 2 aliphatic heterocycles. The normalized spacial score (nSPS) is 22.7. The van der Waals surface area contributed by atoms with Gasteiger partial charge in [-0.15, -0.1) is 0 Å². The van der Waals surface area contributed by atoms with Crippen LogP contribution in [-0.4, -0.2) is 48.8 Å². The van der Waals surface area contributed by atoms with Crippen molar-refractivity contribution in [2.75, 3.05) is 18.1 Å². The molecule has 0 aliphatic carbocycles. The lowest BCUT2D eigenvalue weighted by Crippen LogP contribution is -2.52. The Hall–Kier alpha value is -2.15. The second-order valence-corrected chi connectivity index (χ2v) is 8.20. The van der Waals surface area contributed by atoms with E-state index in [4.69, 9.17) is 0 Å². The highest BCUT2D eigenvalue weighted by atomic mass is 32.2. The smallest absolute Gasteiger partial charge is 0.323 e. The van der Waals surface area contributed by atoms with Crippen LogP contribution in [0.3, 0.4) is 0 Å². The Bertz CT molecular complexity index is 742. The number of carbonyl (C=O) groups excluding carboxylic acids is 2. The van der Waals surface area contributed by atoms with E-state index >= 15 is 0 Å². The van der Waals surface area contributed by atoms with Gasteiger partial charge in [0.1, 0.15) is 5.54 Å². The number of hydrogen-bond donors (Lipinski definition) is 1. The fourth-order valence-electron chi connectivity index (χ4n) is 2.93. The van der Waals surface area contributed by atoms with Crippen LogP contribution in [0.2, 0.25) is 0 Å². The van der Waals surface area contributed by atoms with E-state index in [1.54, 1.807) is 6.08 Å². The van der Waals surface area contributed by atoms with Crippen molar-refractivity contribution in [2.24, 2.45) is 0 Å². The Morgan fingerprint density at radius 3 is 2.43 bits per heavy atom. The van der Waals surface area contributed by atoms with Crippen molar-refractivity contribution >= 4 is 27.9 Å². The molecule has 7 heteroatoms. The van der Waals surface area contributed by atoms with Gasteiger partial charge < -0.3 is 5.32 Å². The molecule has 1 aromatic carbocycles. The van der Waals surface area contributed by atoms with Crippen LogP contribution >= 0.6 is 0 Å². The first kappa shape index (κ1) is 15.7. The summed E-state index contributed by atoms with van der Waals surface area (Å²) in [7, 11) is -3.09. The molecule has 2 saturated heterocycles. The molecule has 0 bridgehead atoms. The van der Waals surface area contributed by atoms with E-state index in [2.05, 4.69) is 5.32 Å². The summed E-state index contributed by atoms with van der Waals surface area (Å²) in [5, 5.41) is 2.69. The third-order valence-electron chi connectivity index (χ3n) is 4.32. The van der Waals surface area contributed by atoms with Crippen LogP contribution in [0.15, 0.2) is 36.4 Å². The molecule has 0 unspecified atom stereocenters. The van der Waals surface area contributed by atoms with Crippen LogP contribution < -0.4 is 5.32 Å². The number of carbonyl (C=O) groups is 2. The number of nitrogens with zero attached hydrogens (tertiary/aromatic N) is 1. The minimum atomic E-state index is -3.09.